The van der Waals surface area contributed by atoms with Crippen LogP contribution in [-0.2, 0) is 19.1 Å². The second kappa shape index (κ2) is 14.4. The molecule has 4 aromatic heterocycles. The lowest BCUT2D eigenvalue weighted by Crippen LogP contribution is -2.49. The van der Waals surface area contributed by atoms with Gasteiger partial charge >= 0.3 is 12.2 Å². The minimum Gasteiger partial charge on any atom is -0.453 e. The highest BCUT2D eigenvalue weighted by Crippen LogP contribution is 2.42. The predicted octanol–water partition coefficient (Wildman–Crippen LogP) is 5.85. The molecule has 0 radical (unpaired) electrons. The molecule has 0 unspecified atom stereocenters. The molecule has 0 bridgehead atoms. The molecule has 4 fully saturated rings. The van der Waals surface area contributed by atoms with Gasteiger partial charge < -0.3 is 39.9 Å². The summed E-state index contributed by atoms with van der Waals surface area (Å²) >= 11 is 3.34. The number of nitrogens with one attached hydrogen (secondary N) is 4. The van der Waals surface area contributed by atoms with Gasteiger partial charge in [-0.05, 0) is 87.5 Å². The normalized spacial score (nSPS) is 21.2. The quantitative estimate of drug-likeness (QED) is 0.148. The topological polar surface area (TPSA) is 175 Å². The van der Waals surface area contributed by atoms with E-state index in [1.54, 1.807) is 22.7 Å². The number of methoxy groups -OCH3 is 2. The average molecular weight is 747 g/mol. The Morgan fingerprint density at radius 3 is 1.46 bits per heavy atom. The monoisotopic (exact) mass is 746 g/mol. The molecule has 0 aromatic carbocycles. The number of nitrogens with zero attached hydrogens (tertiary/aromatic N) is 4. The largest absolute Gasteiger partial charge is 0.453 e. The molecule has 4 aromatic rings. The van der Waals surface area contributed by atoms with Gasteiger partial charge in [0.05, 0.1) is 59.8 Å². The molecule has 274 valence electrons. The Morgan fingerprint density at radius 1 is 0.673 bits per heavy atom. The Labute approximate surface area is 308 Å². The maximum absolute atomic E-state index is 13.6. The van der Waals surface area contributed by atoms with Gasteiger partial charge in [-0.3, -0.25) is 9.59 Å². The molecule has 0 spiro atoms. The second-order valence-corrected chi connectivity index (χ2v) is 16.1. The number of hydrogen-bond acceptors (Lipinski definition) is 10. The van der Waals surface area contributed by atoms with E-state index in [1.165, 1.54) is 14.2 Å². The first-order chi connectivity index (χ1) is 25.3. The number of rotatable bonds is 11. The van der Waals surface area contributed by atoms with Crippen LogP contribution in [0, 0.1) is 11.8 Å². The number of hydrogen-bond donors (Lipinski definition) is 4. The van der Waals surface area contributed by atoms with Crippen LogP contribution in [0.15, 0.2) is 36.7 Å². The maximum atomic E-state index is 13.6. The summed E-state index contributed by atoms with van der Waals surface area (Å²) in [5.74, 6) is 1.65. The minimum absolute atomic E-state index is 0.0751. The lowest BCUT2D eigenvalue weighted by atomic mass is 10.1. The summed E-state index contributed by atoms with van der Waals surface area (Å²) in [4.78, 5) is 75.5. The minimum atomic E-state index is -0.583. The van der Waals surface area contributed by atoms with Gasteiger partial charge in [0, 0.05) is 22.8 Å². The molecule has 8 rings (SSSR count). The van der Waals surface area contributed by atoms with Crippen molar-refractivity contribution in [2.75, 3.05) is 27.3 Å². The molecule has 4 amide bonds. The molecule has 4 N–H and O–H groups in total. The third-order valence-electron chi connectivity index (χ3n) is 10.5. The van der Waals surface area contributed by atoms with Crippen LogP contribution in [-0.4, -0.2) is 93.1 Å². The van der Waals surface area contributed by atoms with Crippen molar-refractivity contribution in [1.29, 1.82) is 0 Å². The van der Waals surface area contributed by atoms with E-state index >= 15 is 0 Å². The number of imidazole rings is 2. The van der Waals surface area contributed by atoms with E-state index in [9.17, 15) is 19.2 Å². The Hall–Kier alpha value is -4.70. The molecular formula is C36H42N8O6S2. The number of H-pyrrole nitrogens is 2. The zero-order valence-electron chi connectivity index (χ0n) is 29.1. The van der Waals surface area contributed by atoms with E-state index in [0.717, 1.165) is 93.9 Å². The fraction of sp³-hybridized carbons (Fsp3) is 0.500. The molecule has 14 nitrogen and oxygen atoms in total. The number of alkyl carbamates (subject to hydrolysis) is 2. The first kappa shape index (κ1) is 34.4. The van der Waals surface area contributed by atoms with Gasteiger partial charge in [0.1, 0.15) is 23.7 Å². The standard InChI is InChI=1S/C36H42N8O6S2/c1-49-35(47)41-29(19-7-8-19)33(45)43-15-3-5-23(43)31-37-17-21(39-31)25-11-13-27(51-25)28-14-12-26(52-28)22-18-38-32(40-22)24-6-4-16-44(24)34(46)30(20-9-10-20)42-36(48)50-2/h11-14,17-20,23-24,29-30H,3-10,15-16H2,1-2H3,(H,37,39)(H,38,40)(H,41,47)(H,42,48)/t23-,24-,29-,30-/m0/s1. The molecule has 6 heterocycles. The Bertz CT molecular complexity index is 1820. The number of likely N-dealkylation sites (tertiary alicyclic amines) is 2. The van der Waals surface area contributed by atoms with Crippen LogP contribution in [0.4, 0.5) is 9.59 Å². The summed E-state index contributed by atoms with van der Waals surface area (Å²) in [5, 5.41) is 5.52. The summed E-state index contributed by atoms with van der Waals surface area (Å²) in [6, 6.07) is 6.89. The van der Waals surface area contributed by atoms with Gasteiger partial charge in [-0.25, -0.2) is 19.6 Å². The van der Waals surface area contributed by atoms with Gasteiger partial charge in [-0.1, -0.05) is 0 Å². The number of amides is 4. The Morgan fingerprint density at radius 2 is 1.08 bits per heavy atom. The van der Waals surface area contributed by atoms with Crippen molar-refractivity contribution >= 4 is 46.7 Å². The predicted molar refractivity (Wildman–Crippen MR) is 194 cm³/mol. The van der Waals surface area contributed by atoms with Crippen molar-refractivity contribution in [3.63, 3.8) is 0 Å². The van der Waals surface area contributed by atoms with E-state index in [2.05, 4.69) is 44.9 Å². The van der Waals surface area contributed by atoms with Gasteiger partial charge in [0.2, 0.25) is 11.8 Å². The van der Waals surface area contributed by atoms with Crippen molar-refractivity contribution in [3.8, 4) is 30.9 Å². The van der Waals surface area contributed by atoms with Crippen molar-refractivity contribution in [2.24, 2.45) is 11.8 Å². The van der Waals surface area contributed by atoms with E-state index in [4.69, 9.17) is 19.4 Å². The van der Waals surface area contributed by atoms with Gasteiger partial charge in [0.25, 0.3) is 0 Å². The fourth-order valence-electron chi connectivity index (χ4n) is 7.47. The molecule has 2 aliphatic carbocycles. The van der Waals surface area contributed by atoms with Gasteiger partial charge in [0.15, 0.2) is 0 Å². The van der Waals surface area contributed by atoms with E-state index in [-0.39, 0.29) is 35.7 Å². The average Bonchev–Trinajstić information content (AvgIpc) is 3.67. The summed E-state index contributed by atoms with van der Waals surface area (Å²) in [7, 11) is 2.62. The molecule has 52 heavy (non-hydrogen) atoms. The third kappa shape index (κ3) is 6.93. The van der Waals surface area contributed by atoms with E-state index < -0.39 is 24.3 Å². The highest BCUT2D eigenvalue weighted by molar-refractivity contribution is 7.25. The first-order valence-electron chi connectivity index (χ1n) is 17.9. The molecule has 16 heteroatoms. The molecule has 4 atom stereocenters. The zero-order valence-corrected chi connectivity index (χ0v) is 30.7. The number of thiophene rings is 2. The number of aromatic nitrogens is 4. The number of carbonyl (C=O) groups excluding carboxylic acids is 4. The SMILES string of the molecule is COC(=O)N[C@H](C(=O)N1CCC[C@H]1c1ncc(-c2ccc(-c3ccc(-c4cnc([C@@H]5CCCN5C(=O)[C@@H](NC(=O)OC)C5CC5)[nH]4)s3)s2)[nH]1)C1CC1. The van der Waals surface area contributed by atoms with Crippen LogP contribution in [0.5, 0.6) is 0 Å². The van der Waals surface area contributed by atoms with Crippen LogP contribution in [0.1, 0.15) is 75.1 Å². The zero-order chi connectivity index (χ0) is 35.9. The Kier molecular flexibility index (Phi) is 9.51. The second-order valence-electron chi connectivity index (χ2n) is 14.0. The maximum Gasteiger partial charge on any atom is 0.407 e. The highest BCUT2D eigenvalue weighted by Gasteiger charge is 2.44. The van der Waals surface area contributed by atoms with Crippen LogP contribution >= 0.6 is 22.7 Å². The lowest BCUT2D eigenvalue weighted by Gasteiger charge is -2.28. The Balaban J connectivity index is 0.934. The number of aromatic amines is 2. The van der Waals surface area contributed by atoms with E-state index in [1.807, 2.05) is 22.2 Å². The van der Waals surface area contributed by atoms with Crippen molar-refractivity contribution < 1.29 is 28.7 Å². The van der Waals surface area contributed by atoms with Crippen LogP contribution in [0.25, 0.3) is 30.9 Å². The summed E-state index contributed by atoms with van der Waals surface area (Å²) in [6.45, 7) is 1.25. The van der Waals surface area contributed by atoms with Crippen molar-refractivity contribution in [2.45, 2.75) is 75.5 Å². The lowest BCUT2D eigenvalue weighted by molar-refractivity contribution is -0.135. The van der Waals surface area contributed by atoms with Crippen LogP contribution in [0.2, 0.25) is 0 Å². The molecule has 2 saturated carbocycles. The third-order valence-corrected chi connectivity index (χ3v) is 12.9. The van der Waals surface area contributed by atoms with Gasteiger partial charge in [-0.2, -0.15) is 0 Å². The summed E-state index contributed by atoms with van der Waals surface area (Å²) in [6.07, 6.45) is 9.52. The smallest absolute Gasteiger partial charge is 0.407 e. The van der Waals surface area contributed by atoms with Gasteiger partial charge in [-0.15, -0.1) is 22.7 Å². The number of ether oxygens (including phenoxy) is 2. The summed E-state index contributed by atoms with van der Waals surface area (Å²) < 4.78 is 9.57. The molecule has 2 aliphatic heterocycles. The first-order valence-corrected chi connectivity index (χ1v) is 19.5. The molecule has 2 saturated heterocycles. The van der Waals surface area contributed by atoms with Crippen molar-refractivity contribution in [3.05, 3.63) is 48.3 Å². The highest BCUT2D eigenvalue weighted by atomic mass is 32.1. The van der Waals surface area contributed by atoms with E-state index in [0.29, 0.717) is 13.1 Å². The van der Waals surface area contributed by atoms with Crippen molar-refractivity contribution in [1.82, 2.24) is 40.4 Å². The summed E-state index contributed by atoms with van der Waals surface area (Å²) in [5.41, 5.74) is 1.79. The van der Waals surface area contributed by atoms with Crippen LogP contribution < -0.4 is 10.6 Å². The van der Waals surface area contributed by atoms with Crippen LogP contribution in [0.3, 0.4) is 0 Å². The number of carbonyl (C=O) groups is 4. The molecular weight excluding hydrogens is 705 g/mol. The fourth-order valence-corrected chi connectivity index (χ4v) is 9.51. The molecule has 4 aliphatic rings.